The largest absolute Gasteiger partial charge is 0.0768 e. The quantitative estimate of drug-likeness (QED) is 0.689. The molecule has 0 nitrogen and oxygen atoms in total. The van der Waals surface area contributed by atoms with Crippen LogP contribution in [0.5, 0.6) is 0 Å². The van der Waals surface area contributed by atoms with Crippen LogP contribution in [0.4, 0.5) is 0 Å². The molecule has 4 heteroatoms. The molecule has 0 rings (SSSR count). The van der Waals surface area contributed by atoms with Gasteiger partial charge in [-0.05, 0) is 43.6 Å². The molecular formula is C3H7Br2PS. The van der Waals surface area contributed by atoms with Gasteiger partial charge in [-0.2, -0.15) is 0 Å². The normalized spacial score (nSPS) is 11.9. The molecule has 0 fully saturated rings. The molecule has 7 heavy (non-hydrogen) atoms. The Kier molecular flexibility index (Phi) is 4.43. The Hall–Kier alpha value is 1.61. The van der Waals surface area contributed by atoms with Crippen LogP contribution in [0.2, 0.25) is 0 Å². The van der Waals surface area contributed by atoms with E-state index in [9.17, 15) is 0 Å². The smallest absolute Gasteiger partial charge is 0.0732 e. The van der Waals surface area contributed by atoms with Crippen molar-refractivity contribution in [3.05, 3.63) is 0 Å². The summed E-state index contributed by atoms with van der Waals surface area (Å²) in [5.74, 6) is 0. The first-order valence-corrected chi connectivity index (χ1v) is 9.07. The van der Waals surface area contributed by atoms with E-state index in [2.05, 4.69) is 37.9 Å². The average Bonchev–Trinajstić information content (AvgIpc) is 1.30. The summed E-state index contributed by atoms with van der Waals surface area (Å²) in [4.78, 5) is 0. The minimum absolute atomic E-state index is 1.10. The first-order chi connectivity index (χ1) is 3.06. The van der Waals surface area contributed by atoms with E-state index in [-0.39, 0.29) is 0 Å². The lowest BCUT2D eigenvalue weighted by Crippen LogP contribution is -1.68. The molecule has 0 aliphatic carbocycles. The van der Waals surface area contributed by atoms with Gasteiger partial charge in [0.05, 0.1) is 3.44 Å². The zero-order chi connectivity index (χ0) is 5.91. The van der Waals surface area contributed by atoms with Crippen molar-refractivity contribution in [2.75, 3.05) is 6.16 Å². The molecule has 0 aromatic heterocycles. The SMILES string of the molecule is CCCP(=S)(Br)Br. The van der Waals surface area contributed by atoms with Crippen LogP contribution < -0.4 is 0 Å². The predicted molar refractivity (Wildman–Crippen MR) is 47.3 cm³/mol. The summed E-state index contributed by atoms with van der Waals surface area (Å²) in [7, 11) is 0. The molecule has 0 heterocycles. The molecule has 0 saturated carbocycles. The maximum Gasteiger partial charge on any atom is 0.0768 e. The topological polar surface area (TPSA) is 0 Å². The number of halogens is 2. The maximum atomic E-state index is 5.03. The van der Waals surface area contributed by atoms with Gasteiger partial charge in [-0.25, -0.2) is 0 Å². The first-order valence-electron chi connectivity index (χ1n) is 2.04. The summed E-state index contributed by atoms with van der Waals surface area (Å²) in [5, 5.41) is 0. The van der Waals surface area contributed by atoms with Gasteiger partial charge in [0.25, 0.3) is 0 Å². The van der Waals surface area contributed by atoms with Gasteiger partial charge in [0.15, 0.2) is 0 Å². The Bertz CT molecular complexity index is 86.9. The molecule has 0 atom stereocenters. The van der Waals surface area contributed by atoms with Crippen molar-refractivity contribution in [2.45, 2.75) is 13.3 Å². The second-order valence-electron chi connectivity index (χ2n) is 1.29. The van der Waals surface area contributed by atoms with Crippen molar-refractivity contribution in [1.82, 2.24) is 0 Å². The summed E-state index contributed by atoms with van der Waals surface area (Å²) in [6.07, 6.45) is 2.26. The molecule has 0 aliphatic rings. The van der Waals surface area contributed by atoms with E-state index in [4.69, 9.17) is 11.8 Å². The summed E-state index contributed by atoms with van der Waals surface area (Å²) in [6, 6.07) is 0. The molecule has 0 saturated heterocycles. The lowest BCUT2D eigenvalue weighted by molar-refractivity contribution is 1.11. The Morgan fingerprint density at radius 3 is 2.00 bits per heavy atom. The van der Waals surface area contributed by atoms with E-state index < -0.39 is 3.44 Å². The van der Waals surface area contributed by atoms with E-state index in [0.717, 1.165) is 12.6 Å². The second-order valence-corrected chi connectivity index (χ2v) is 17.7. The summed E-state index contributed by atoms with van der Waals surface area (Å²) < 4.78 is -1.21. The molecule has 0 amide bonds. The van der Waals surface area contributed by atoms with Crippen molar-refractivity contribution in [1.29, 1.82) is 0 Å². The van der Waals surface area contributed by atoms with Gasteiger partial charge >= 0.3 is 0 Å². The van der Waals surface area contributed by atoms with Crippen molar-refractivity contribution in [3.8, 4) is 0 Å². The third-order valence-corrected chi connectivity index (χ3v) is 4.13. The fraction of sp³-hybridized carbons (Fsp3) is 1.00. The highest BCUT2D eigenvalue weighted by Crippen LogP contribution is 2.61. The fourth-order valence-electron chi connectivity index (χ4n) is 0.260. The molecule has 0 bridgehead atoms. The van der Waals surface area contributed by atoms with Crippen LogP contribution in [0, 0.1) is 0 Å². The van der Waals surface area contributed by atoms with Crippen LogP contribution in [0.15, 0.2) is 0 Å². The van der Waals surface area contributed by atoms with Gasteiger partial charge in [0.2, 0.25) is 0 Å². The van der Waals surface area contributed by atoms with Gasteiger partial charge in [0, 0.05) is 0 Å². The lowest BCUT2D eigenvalue weighted by atomic mass is 10.6. The monoisotopic (exact) mass is 264 g/mol. The van der Waals surface area contributed by atoms with Crippen LogP contribution in [-0.4, -0.2) is 6.16 Å². The van der Waals surface area contributed by atoms with Crippen molar-refractivity contribution in [2.24, 2.45) is 0 Å². The molecule has 0 radical (unpaired) electrons. The Morgan fingerprint density at radius 2 is 2.00 bits per heavy atom. The molecule has 0 aromatic rings. The molecule has 0 unspecified atom stereocenters. The van der Waals surface area contributed by atoms with E-state index in [1.54, 1.807) is 0 Å². The van der Waals surface area contributed by atoms with E-state index in [1.165, 1.54) is 0 Å². The minimum Gasteiger partial charge on any atom is -0.0732 e. The van der Waals surface area contributed by atoms with Crippen LogP contribution in [0.25, 0.3) is 0 Å². The van der Waals surface area contributed by atoms with Gasteiger partial charge in [-0.15, -0.1) is 0 Å². The van der Waals surface area contributed by atoms with Gasteiger partial charge in [0.1, 0.15) is 0 Å². The Morgan fingerprint density at radius 1 is 1.57 bits per heavy atom. The van der Waals surface area contributed by atoms with Gasteiger partial charge in [-0.3, -0.25) is 0 Å². The van der Waals surface area contributed by atoms with Crippen molar-refractivity contribution >= 4 is 46.2 Å². The van der Waals surface area contributed by atoms with Crippen LogP contribution in [0.1, 0.15) is 13.3 Å². The highest BCUT2D eigenvalue weighted by Gasteiger charge is 2.02. The van der Waals surface area contributed by atoms with E-state index in [1.807, 2.05) is 0 Å². The number of rotatable bonds is 2. The lowest BCUT2D eigenvalue weighted by Gasteiger charge is -1.99. The van der Waals surface area contributed by atoms with Gasteiger partial charge in [-0.1, -0.05) is 18.7 Å². The molecule has 44 valence electrons. The number of hydrogen-bond acceptors (Lipinski definition) is 1. The first kappa shape index (κ1) is 8.61. The number of hydrogen-bond donors (Lipinski definition) is 0. The summed E-state index contributed by atoms with van der Waals surface area (Å²) in [5.41, 5.74) is 0. The summed E-state index contributed by atoms with van der Waals surface area (Å²) >= 11 is 11.8. The zero-order valence-electron chi connectivity index (χ0n) is 4.03. The van der Waals surface area contributed by atoms with Crippen LogP contribution in [-0.2, 0) is 11.8 Å². The molecular weight excluding hydrogens is 259 g/mol. The Labute approximate surface area is 65.5 Å². The zero-order valence-corrected chi connectivity index (χ0v) is 8.91. The van der Waals surface area contributed by atoms with E-state index >= 15 is 0 Å². The molecule has 0 spiro atoms. The summed E-state index contributed by atoms with van der Waals surface area (Å²) in [6.45, 7) is 2.13. The van der Waals surface area contributed by atoms with Crippen molar-refractivity contribution in [3.63, 3.8) is 0 Å². The van der Waals surface area contributed by atoms with Crippen LogP contribution >= 0.6 is 34.4 Å². The van der Waals surface area contributed by atoms with Gasteiger partial charge < -0.3 is 0 Å². The average molecular weight is 266 g/mol. The highest BCUT2D eigenvalue weighted by molar-refractivity contribution is 9.74. The van der Waals surface area contributed by atoms with Crippen LogP contribution in [0.3, 0.4) is 0 Å². The Balaban J connectivity index is 3.36. The highest BCUT2D eigenvalue weighted by atomic mass is 79.9. The maximum absolute atomic E-state index is 5.03. The second kappa shape index (κ2) is 3.60. The standard InChI is InChI=1S/C3H7Br2PS/c1-2-3-6(4,5)7/h2-3H2,1H3. The molecule has 0 N–H and O–H groups in total. The fourth-order valence-corrected chi connectivity index (χ4v) is 3.46. The minimum atomic E-state index is -1.21. The molecule has 0 aliphatic heterocycles. The molecule has 0 aromatic carbocycles. The third-order valence-electron chi connectivity index (χ3n) is 0.484. The third kappa shape index (κ3) is 7.61. The van der Waals surface area contributed by atoms with Crippen molar-refractivity contribution < 1.29 is 0 Å². The van der Waals surface area contributed by atoms with E-state index in [0.29, 0.717) is 0 Å². The predicted octanol–water partition coefficient (Wildman–Crippen LogP) is 3.50.